The topological polar surface area (TPSA) is 75.9 Å². The lowest BCUT2D eigenvalue weighted by Crippen LogP contribution is -2.33. The van der Waals surface area contributed by atoms with Crippen LogP contribution in [0, 0.1) is 20.8 Å². The molecule has 0 spiro atoms. The largest absolute Gasteiger partial charge is 0.332 e. The van der Waals surface area contributed by atoms with Crippen molar-refractivity contribution in [3.05, 3.63) is 40.2 Å². The van der Waals surface area contributed by atoms with E-state index < -0.39 is 0 Å². The molecule has 2 aromatic heterocycles. The summed E-state index contributed by atoms with van der Waals surface area (Å²) >= 11 is 0. The maximum Gasteiger partial charge on any atom is 0.225 e. The number of aryl methyl sites for hydroxylation is 1. The van der Waals surface area contributed by atoms with E-state index in [1.54, 1.807) is 0 Å². The van der Waals surface area contributed by atoms with E-state index in [0.717, 1.165) is 61.8 Å². The lowest BCUT2D eigenvalue weighted by Gasteiger charge is -2.26. The van der Waals surface area contributed by atoms with E-state index in [2.05, 4.69) is 36.2 Å². The van der Waals surface area contributed by atoms with Gasteiger partial charge in [-0.05, 0) is 46.1 Å². The Hall–Kier alpha value is -2.28. The van der Waals surface area contributed by atoms with Crippen LogP contribution in [0.4, 0.5) is 0 Å². The predicted molar refractivity (Wildman–Crippen MR) is 107 cm³/mol. The van der Waals surface area contributed by atoms with Crippen molar-refractivity contribution in [3.63, 3.8) is 0 Å². The Bertz CT molecular complexity index is 889. The van der Waals surface area contributed by atoms with Crippen LogP contribution in [0.3, 0.4) is 0 Å². The molecule has 0 radical (unpaired) electrons. The molecule has 150 valence electrons. The van der Waals surface area contributed by atoms with Gasteiger partial charge in [0.15, 0.2) is 5.82 Å². The van der Waals surface area contributed by atoms with Crippen LogP contribution in [0.25, 0.3) is 0 Å². The first-order valence-electron chi connectivity index (χ1n) is 10.3. The van der Waals surface area contributed by atoms with E-state index in [9.17, 15) is 4.79 Å². The van der Waals surface area contributed by atoms with Gasteiger partial charge in [-0.25, -0.2) is 9.97 Å². The molecule has 1 amide bonds. The van der Waals surface area contributed by atoms with Crippen LogP contribution in [0.15, 0.2) is 6.20 Å². The Kier molecular flexibility index (Phi) is 5.19. The average Bonchev–Trinajstić information content (AvgIpc) is 3.29. The van der Waals surface area contributed by atoms with Crippen LogP contribution in [0.2, 0.25) is 0 Å². The SMILES string of the molecule is Cc1nn([C@H](C)CC(=O)N2CCC[C@@H]2c2ncc3c(n2)CCNC3)c(C)c1C. The summed E-state index contributed by atoms with van der Waals surface area (Å²) in [5.41, 5.74) is 5.69. The summed E-state index contributed by atoms with van der Waals surface area (Å²) in [5.74, 6) is 0.976. The molecule has 2 aliphatic heterocycles. The second kappa shape index (κ2) is 7.62. The summed E-state index contributed by atoms with van der Waals surface area (Å²) in [6, 6.07) is 0.0405. The summed E-state index contributed by atoms with van der Waals surface area (Å²) in [7, 11) is 0. The summed E-state index contributed by atoms with van der Waals surface area (Å²) in [5, 5.41) is 7.98. The van der Waals surface area contributed by atoms with Crippen molar-refractivity contribution in [1.82, 2.24) is 30.0 Å². The van der Waals surface area contributed by atoms with E-state index in [-0.39, 0.29) is 18.0 Å². The zero-order chi connectivity index (χ0) is 19.8. The number of carbonyl (C=O) groups excluding carboxylic acids is 1. The molecule has 7 heteroatoms. The highest BCUT2D eigenvalue weighted by atomic mass is 16.2. The highest BCUT2D eigenvalue weighted by molar-refractivity contribution is 5.77. The van der Waals surface area contributed by atoms with Gasteiger partial charge in [0, 0.05) is 55.6 Å². The van der Waals surface area contributed by atoms with Gasteiger partial charge in [0.05, 0.1) is 17.8 Å². The zero-order valence-electron chi connectivity index (χ0n) is 17.3. The van der Waals surface area contributed by atoms with Gasteiger partial charge in [0.1, 0.15) is 0 Å². The van der Waals surface area contributed by atoms with Gasteiger partial charge < -0.3 is 10.2 Å². The number of fused-ring (bicyclic) bond motifs is 1. The van der Waals surface area contributed by atoms with E-state index in [1.165, 1.54) is 11.1 Å². The van der Waals surface area contributed by atoms with Gasteiger partial charge in [-0.1, -0.05) is 0 Å². The first-order valence-corrected chi connectivity index (χ1v) is 10.3. The van der Waals surface area contributed by atoms with Gasteiger partial charge in [0.25, 0.3) is 0 Å². The molecule has 4 rings (SSSR count). The average molecular weight is 383 g/mol. The molecule has 0 saturated carbocycles. The van der Waals surface area contributed by atoms with Crippen LogP contribution < -0.4 is 5.32 Å². The quantitative estimate of drug-likeness (QED) is 0.879. The van der Waals surface area contributed by atoms with Crippen LogP contribution in [-0.4, -0.2) is 43.6 Å². The highest BCUT2D eigenvalue weighted by Gasteiger charge is 2.33. The normalized spacial score (nSPS) is 20.3. The number of carbonyl (C=O) groups is 1. The van der Waals surface area contributed by atoms with Gasteiger partial charge in [-0.2, -0.15) is 5.10 Å². The fourth-order valence-electron chi connectivity index (χ4n) is 4.38. The smallest absolute Gasteiger partial charge is 0.225 e. The Morgan fingerprint density at radius 3 is 2.93 bits per heavy atom. The van der Waals surface area contributed by atoms with Crippen molar-refractivity contribution in [2.75, 3.05) is 13.1 Å². The molecule has 2 atom stereocenters. The number of aromatic nitrogens is 4. The third-order valence-electron chi connectivity index (χ3n) is 6.27. The number of likely N-dealkylation sites (tertiary alicyclic amines) is 1. The Labute approximate surface area is 166 Å². The van der Waals surface area contributed by atoms with Crippen LogP contribution in [0.5, 0.6) is 0 Å². The number of hydrogen-bond donors (Lipinski definition) is 1. The molecule has 0 aromatic carbocycles. The molecule has 2 aliphatic rings. The van der Waals surface area contributed by atoms with Gasteiger partial charge >= 0.3 is 0 Å². The van der Waals surface area contributed by atoms with Crippen LogP contribution in [0.1, 0.15) is 72.3 Å². The standard InChI is InChI=1S/C21H30N6O/c1-13(27-16(4)14(2)15(3)25-27)10-20(28)26-9-5-6-19(26)21-23-12-17-11-22-8-7-18(17)24-21/h12-13,19,22H,5-11H2,1-4H3/t13-,19-/m1/s1. The number of nitrogens with zero attached hydrogens (tertiary/aromatic N) is 5. The summed E-state index contributed by atoms with van der Waals surface area (Å²) < 4.78 is 2.00. The predicted octanol–water partition coefficient (Wildman–Crippen LogP) is 2.56. The zero-order valence-corrected chi connectivity index (χ0v) is 17.3. The monoisotopic (exact) mass is 382 g/mol. The van der Waals surface area contributed by atoms with Gasteiger partial charge in [-0.15, -0.1) is 0 Å². The number of nitrogens with one attached hydrogen (secondary N) is 1. The second-order valence-corrected chi connectivity index (χ2v) is 8.17. The first kappa shape index (κ1) is 19.1. The van der Waals surface area contributed by atoms with Crippen molar-refractivity contribution >= 4 is 5.91 Å². The van der Waals surface area contributed by atoms with E-state index in [1.807, 2.05) is 22.7 Å². The summed E-state index contributed by atoms with van der Waals surface area (Å²) in [6.07, 6.45) is 5.26. The van der Waals surface area contributed by atoms with Crippen LogP contribution >= 0.6 is 0 Å². The van der Waals surface area contributed by atoms with E-state index in [4.69, 9.17) is 4.98 Å². The Balaban J connectivity index is 1.50. The molecule has 0 aliphatic carbocycles. The molecule has 0 unspecified atom stereocenters. The Morgan fingerprint density at radius 1 is 1.36 bits per heavy atom. The first-order chi connectivity index (χ1) is 13.5. The fraction of sp³-hybridized carbons (Fsp3) is 0.619. The fourth-order valence-corrected chi connectivity index (χ4v) is 4.38. The van der Waals surface area contributed by atoms with Crippen molar-refractivity contribution in [1.29, 1.82) is 0 Å². The lowest BCUT2D eigenvalue weighted by molar-refractivity contribution is -0.133. The minimum atomic E-state index is 0.00192. The van der Waals surface area contributed by atoms with Crippen molar-refractivity contribution < 1.29 is 4.79 Å². The molecule has 0 bridgehead atoms. The molecular formula is C21H30N6O. The minimum Gasteiger partial charge on any atom is -0.332 e. The third-order valence-corrected chi connectivity index (χ3v) is 6.27. The van der Waals surface area contributed by atoms with Gasteiger partial charge in [0.2, 0.25) is 5.91 Å². The second-order valence-electron chi connectivity index (χ2n) is 8.17. The third kappa shape index (κ3) is 3.43. The lowest BCUT2D eigenvalue weighted by atomic mass is 10.1. The summed E-state index contributed by atoms with van der Waals surface area (Å²) in [4.78, 5) is 24.6. The molecule has 4 heterocycles. The molecule has 7 nitrogen and oxygen atoms in total. The van der Waals surface area contributed by atoms with Crippen LogP contribution in [-0.2, 0) is 17.8 Å². The molecule has 2 aromatic rings. The number of hydrogen-bond acceptors (Lipinski definition) is 5. The Morgan fingerprint density at radius 2 is 2.18 bits per heavy atom. The van der Waals surface area contributed by atoms with Gasteiger partial charge in [-0.3, -0.25) is 9.48 Å². The molecule has 1 saturated heterocycles. The molecule has 1 N–H and O–H groups in total. The van der Waals surface area contributed by atoms with Crippen molar-refractivity contribution in [2.45, 2.75) is 72.0 Å². The maximum absolute atomic E-state index is 13.1. The maximum atomic E-state index is 13.1. The van der Waals surface area contributed by atoms with Crippen molar-refractivity contribution in [2.24, 2.45) is 0 Å². The highest BCUT2D eigenvalue weighted by Crippen LogP contribution is 2.32. The summed E-state index contributed by atoms with van der Waals surface area (Å²) in [6.45, 7) is 10.8. The minimum absolute atomic E-state index is 0.00192. The van der Waals surface area contributed by atoms with Crippen molar-refractivity contribution in [3.8, 4) is 0 Å². The number of amides is 1. The van der Waals surface area contributed by atoms with E-state index >= 15 is 0 Å². The molecule has 1 fully saturated rings. The van der Waals surface area contributed by atoms with E-state index in [0.29, 0.717) is 6.42 Å². The number of rotatable bonds is 4. The molecule has 28 heavy (non-hydrogen) atoms. The molecular weight excluding hydrogens is 352 g/mol.